The van der Waals surface area contributed by atoms with Gasteiger partial charge in [0, 0.05) is 6.20 Å². The van der Waals surface area contributed by atoms with Gasteiger partial charge in [-0.3, -0.25) is 4.98 Å². The van der Waals surface area contributed by atoms with E-state index in [2.05, 4.69) is 49.2 Å². The molecule has 1 aromatic carbocycles. The first-order valence-electron chi connectivity index (χ1n) is 22.8. The van der Waals surface area contributed by atoms with Crippen LogP contribution in [-0.2, 0) is 0 Å². The molecule has 0 saturated carbocycles. The van der Waals surface area contributed by atoms with E-state index in [9.17, 15) is 0 Å². The van der Waals surface area contributed by atoms with Crippen molar-refractivity contribution in [3.63, 3.8) is 0 Å². The third kappa shape index (κ3) is 27.3. The van der Waals surface area contributed by atoms with Gasteiger partial charge in [0.15, 0.2) is 11.5 Å². The molecule has 0 N–H and O–H groups in total. The molecule has 0 bridgehead atoms. The van der Waals surface area contributed by atoms with E-state index in [4.69, 9.17) is 9.47 Å². The minimum Gasteiger partial charge on any atom is -0.490 e. The van der Waals surface area contributed by atoms with E-state index >= 15 is 0 Å². The van der Waals surface area contributed by atoms with E-state index in [0.29, 0.717) is 0 Å². The Balaban J connectivity index is 1.56. The fourth-order valence-corrected chi connectivity index (χ4v) is 7.18. The molecule has 0 unspecified atom stereocenters. The number of rotatable bonds is 38. The third-order valence-electron chi connectivity index (χ3n) is 10.6. The summed E-state index contributed by atoms with van der Waals surface area (Å²) in [6.45, 7) is 6.11. The molecule has 0 aliphatic carbocycles. The lowest BCUT2D eigenvalue weighted by atomic mass is 10.0. The fourth-order valence-electron chi connectivity index (χ4n) is 7.18. The summed E-state index contributed by atoms with van der Waals surface area (Å²) in [5.41, 5.74) is 2.07. The van der Waals surface area contributed by atoms with Gasteiger partial charge in [-0.2, -0.15) is 0 Å². The summed E-state index contributed by atoms with van der Waals surface area (Å²) in [7, 11) is 0. The number of hydrogen-bond donors (Lipinski definition) is 0. The molecule has 0 spiro atoms. The molecular weight excluding hydrogens is 635 g/mol. The van der Waals surface area contributed by atoms with Crippen molar-refractivity contribution in [2.45, 2.75) is 219 Å². The zero-order valence-electron chi connectivity index (χ0n) is 34.5. The normalized spacial score (nSPS) is 11.5. The molecular formula is C49H83NO2. The summed E-state index contributed by atoms with van der Waals surface area (Å²) in [4.78, 5) is 4.43. The summed E-state index contributed by atoms with van der Waals surface area (Å²) < 4.78 is 12.7. The molecule has 296 valence electrons. The van der Waals surface area contributed by atoms with Crippen molar-refractivity contribution in [2.24, 2.45) is 0 Å². The monoisotopic (exact) mass is 718 g/mol. The highest BCUT2D eigenvalue weighted by molar-refractivity contribution is 5.69. The number of unbranched alkanes of at least 4 members (excludes halogenated alkanes) is 30. The van der Waals surface area contributed by atoms with Crippen LogP contribution < -0.4 is 9.47 Å². The largest absolute Gasteiger partial charge is 0.490 e. The average molecular weight is 718 g/mol. The maximum absolute atomic E-state index is 6.36. The average Bonchev–Trinajstić information content (AvgIpc) is 3.17. The highest BCUT2D eigenvalue weighted by Crippen LogP contribution is 2.30. The lowest BCUT2D eigenvalue weighted by Gasteiger charge is -2.14. The van der Waals surface area contributed by atoms with E-state index in [1.807, 2.05) is 24.4 Å². The van der Waals surface area contributed by atoms with Crippen molar-refractivity contribution in [3.05, 3.63) is 53.9 Å². The smallest absolute Gasteiger partial charge is 0.161 e. The SMILES string of the molecule is CCCCCCCCCCCCCCCCCCOc1ccc(/C=C/c2ccccn2)cc1OCCCCCCCCCCCCCCCCCC. The molecule has 0 aliphatic heterocycles. The van der Waals surface area contributed by atoms with Gasteiger partial charge >= 0.3 is 0 Å². The Morgan fingerprint density at radius 3 is 1.17 bits per heavy atom. The predicted octanol–water partition coefficient (Wildman–Crippen LogP) is 16.5. The lowest BCUT2D eigenvalue weighted by Crippen LogP contribution is -2.03. The van der Waals surface area contributed by atoms with Gasteiger partial charge in [-0.05, 0) is 48.7 Å². The van der Waals surface area contributed by atoms with Crippen LogP contribution in [-0.4, -0.2) is 18.2 Å². The van der Waals surface area contributed by atoms with E-state index < -0.39 is 0 Å². The molecule has 1 aromatic heterocycles. The van der Waals surface area contributed by atoms with Crippen LogP contribution in [0, 0.1) is 0 Å². The second-order valence-corrected chi connectivity index (χ2v) is 15.6. The molecule has 0 radical (unpaired) electrons. The molecule has 0 saturated heterocycles. The second-order valence-electron chi connectivity index (χ2n) is 15.6. The Morgan fingerprint density at radius 1 is 0.404 bits per heavy atom. The Morgan fingerprint density at radius 2 is 0.788 bits per heavy atom. The standard InChI is InChI=1S/C49H83NO2/c1-3-5-7-9-11-13-15-17-19-21-23-25-27-29-31-35-43-51-48-41-39-46(38-40-47-37-33-34-42-50-47)45-49(48)52-44-36-32-30-28-26-24-22-20-18-16-14-12-10-8-6-4-2/h33-34,37-42,45H,3-32,35-36,43-44H2,1-2H3/b40-38+. The van der Waals surface area contributed by atoms with Crippen LogP contribution in [0.15, 0.2) is 42.6 Å². The minimum absolute atomic E-state index is 0.751. The molecule has 0 amide bonds. The van der Waals surface area contributed by atoms with Gasteiger partial charge in [0.2, 0.25) is 0 Å². The molecule has 0 fully saturated rings. The first kappa shape index (κ1) is 45.9. The molecule has 0 aliphatic rings. The zero-order valence-corrected chi connectivity index (χ0v) is 34.5. The molecule has 52 heavy (non-hydrogen) atoms. The Labute approximate surface area is 323 Å². The van der Waals surface area contributed by atoms with Crippen molar-refractivity contribution in [1.29, 1.82) is 0 Å². The number of nitrogens with zero attached hydrogens (tertiary/aromatic N) is 1. The van der Waals surface area contributed by atoms with Crippen molar-refractivity contribution >= 4 is 12.2 Å². The Kier molecular flexibility index (Phi) is 31.5. The maximum Gasteiger partial charge on any atom is 0.161 e. The summed E-state index contributed by atoms with van der Waals surface area (Å²) in [6.07, 6.45) is 50.3. The highest BCUT2D eigenvalue weighted by Gasteiger charge is 2.07. The second kappa shape index (κ2) is 35.7. The Bertz CT molecular complexity index is 1050. The Hall–Kier alpha value is -2.29. The highest BCUT2D eigenvalue weighted by atomic mass is 16.5. The molecule has 0 atom stereocenters. The van der Waals surface area contributed by atoms with Crippen molar-refractivity contribution in [1.82, 2.24) is 4.98 Å². The predicted molar refractivity (Wildman–Crippen MR) is 230 cm³/mol. The van der Waals surface area contributed by atoms with Gasteiger partial charge in [-0.15, -0.1) is 0 Å². The summed E-state index contributed by atoms with van der Waals surface area (Å²) in [5, 5.41) is 0. The molecule has 2 aromatic rings. The molecule has 2 rings (SSSR count). The van der Waals surface area contributed by atoms with Gasteiger partial charge in [0.1, 0.15) is 0 Å². The zero-order chi connectivity index (χ0) is 36.8. The van der Waals surface area contributed by atoms with E-state index in [0.717, 1.165) is 48.8 Å². The number of benzene rings is 1. The van der Waals surface area contributed by atoms with Crippen LogP contribution in [0.25, 0.3) is 12.2 Å². The topological polar surface area (TPSA) is 31.4 Å². The molecule has 3 heteroatoms. The van der Waals surface area contributed by atoms with E-state index in [1.54, 1.807) is 0 Å². The summed E-state index contributed by atoms with van der Waals surface area (Å²) >= 11 is 0. The fraction of sp³-hybridized carbons (Fsp3) is 0.735. The van der Waals surface area contributed by atoms with Gasteiger partial charge < -0.3 is 9.47 Å². The van der Waals surface area contributed by atoms with Crippen LogP contribution in [0.1, 0.15) is 231 Å². The number of aromatic nitrogens is 1. The summed E-state index contributed by atoms with van der Waals surface area (Å²) in [5.74, 6) is 1.76. The van der Waals surface area contributed by atoms with E-state index in [-0.39, 0.29) is 0 Å². The maximum atomic E-state index is 6.36. The van der Waals surface area contributed by atoms with Gasteiger partial charge in [-0.25, -0.2) is 0 Å². The van der Waals surface area contributed by atoms with Crippen molar-refractivity contribution in [3.8, 4) is 11.5 Å². The van der Waals surface area contributed by atoms with Crippen LogP contribution >= 0.6 is 0 Å². The van der Waals surface area contributed by atoms with Gasteiger partial charge in [0.25, 0.3) is 0 Å². The minimum atomic E-state index is 0.751. The van der Waals surface area contributed by atoms with Gasteiger partial charge in [-0.1, -0.05) is 225 Å². The van der Waals surface area contributed by atoms with Crippen molar-refractivity contribution in [2.75, 3.05) is 13.2 Å². The lowest BCUT2D eigenvalue weighted by molar-refractivity contribution is 0.258. The number of pyridine rings is 1. The first-order valence-corrected chi connectivity index (χ1v) is 22.8. The van der Waals surface area contributed by atoms with Crippen molar-refractivity contribution < 1.29 is 9.47 Å². The third-order valence-corrected chi connectivity index (χ3v) is 10.6. The first-order chi connectivity index (χ1) is 25.8. The molecule has 3 nitrogen and oxygen atoms in total. The van der Waals surface area contributed by atoms with E-state index in [1.165, 1.54) is 193 Å². The van der Waals surface area contributed by atoms with Crippen LogP contribution in [0.2, 0.25) is 0 Å². The quantitative estimate of drug-likeness (QED) is 0.0648. The van der Waals surface area contributed by atoms with Crippen LogP contribution in [0.4, 0.5) is 0 Å². The van der Waals surface area contributed by atoms with Crippen LogP contribution in [0.5, 0.6) is 11.5 Å². The number of ether oxygens (including phenoxy) is 2. The van der Waals surface area contributed by atoms with Crippen LogP contribution in [0.3, 0.4) is 0 Å². The molecule has 1 heterocycles. The number of hydrogen-bond acceptors (Lipinski definition) is 3. The van der Waals surface area contributed by atoms with Gasteiger partial charge in [0.05, 0.1) is 18.9 Å². The summed E-state index contributed by atoms with van der Waals surface area (Å²) in [6, 6.07) is 12.4.